The van der Waals surface area contributed by atoms with Crippen LogP contribution in [0.5, 0.6) is 0 Å². The standard InChI is InChI=1S/C16H25FN2/c1-4-19(11-15-6-5-9-18-15)13(3)14-8-7-12(2)16(17)10-14/h7-8,10,13,15,18H,4-6,9,11H2,1-3H3. The molecule has 0 spiro atoms. The molecule has 19 heavy (non-hydrogen) atoms. The van der Waals surface area contributed by atoms with Crippen LogP contribution in [0.1, 0.15) is 43.9 Å². The van der Waals surface area contributed by atoms with Crippen LogP contribution in [-0.2, 0) is 0 Å². The van der Waals surface area contributed by atoms with Crippen molar-refractivity contribution in [1.29, 1.82) is 0 Å². The first-order valence-electron chi connectivity index (χ1n) is 7.35. The Morgan fingerprint density at radius 2 is 2.26 bits per heavy atom. The van der Waals surface area contributed by atoms with Crippen LogP contribution in [0.4, 0.5) is 4.39 Å². The Labute approximate surface area is 116 Å². The maximum Gasteiger partial charge on any atom is 0.126 e. The predicted molar refractivity (Wildman–Crippen MR) is 77.8 cm³/mol. The number of likely N-dealkylation sites (N-methyl/N-ethyl adjacent to an activating group) is 1. The van der Waals surface area contributed by atoms with Crippen LogP contribution < -0.4 is 5.32 Å². The van der Waals surface area contributed by atoms with Crippen molar-refractivity contribution in [1.82, 2.24) is 10.2 Å². The van der Waals surface area contributed by atoms with Gasteiger partial charge in [0.05, 0.1) is 0 Å². The lowest BCUT2D eigenvalue weighted by Gasteiger charge is -2.30. The lowest BCUT2D eigenvalue weighted by atomic mass is 10.0. The van der Waals surface area contributed by atoms with Crippen molar-refractivity contribution in [2.24, 2.45) is 0 Å². The molecule has 1 aromatic rings. The Morgan fingerprint density at radius 1 is 1.47 bits per heavy atom. The number of nitrogens with one attached hydrogen (secondary N) is 1. The van der Waals surface area contributed by atoms with Gasteiger partial charge in [0.1, 0.15) is 5.82 Å². The van der Waals surface area contributed by atoms with Crippen LogP contribution >= 0.6 is 0 Å². The molecule has 0 saturated carbocycles. The highest BCUT2D eigenvalue weighted by Gasteiger charge is 2.21. The highest BCUT2D eigenvalue weighted by molar-refractivity contribution is 5.25. The first-order valence-corrected chi connectivity index (χ1v) is 7.35. The number of halogens is 1. The third-order valence-corrected chi connectivity index (χ3v) is 4.25. The number of benzene rings is 1. The third kappa shape index (κ3) is 3.54. The molecule has 2 unspecified atom stereocenters. The SMILES string of the molecule is CCN(CC1CCCN1)C(C)c1ccc(C)c(F)c1. The molecule has 0 bridgehead atoms. The summed E-state index contributed by atoms with van der Waals surface area (Å²) in [5.41, 5.74) is 1.79. The summed E-state index contributed by atoms with van der Waals surface area (Å²) in [6.45, 7) is 9.33. The minimum absolute atomic E-state index is 0.0978. The van der Waals surface area contributed by atoms with Crippen LogP contribution in [0.25, 0.3) is 0 Å². The van der Waals surface area contributed by atoms with E-state index in [9.17, 15) is 4.39 Å². The van der Waals surface area contributed by atoms with Crippen molar-refractivity contribution in [3.05, 3.63) is 35.1 Å². The second-order valence-electron chi connectivity index (χ2n) is 5.57. The summed E-state index contributed by atoms with van der Waals surface area (Å²) in [6, 6.07) is 6.47. The highest BCUT2D eigenvalue weighted by Crippen LogP contribution is 2.23. The molecule has 106 valence electrons. The van der Waals surface area contributed by atoms with Gasteiger partial charge in [0.15, 0.2) is 0 Å². The second kappa shape index (κ2) is 6.49. The van der Waals surface area contributed by atoms with Crippen molar-refractivity contribution >= 4 is 0 Å². The summed E-state index contributed by atoms with van der Waals surface area (Å²) in [5.74, 6) is -0.0978. The Kier molecular flexibility index (Phi) is 4.94. The fourth-order valence-electron chi connectivity index (χ4n) is 2.84. The van der Waals surface area contributed by atoms with Gasteiger partial charge < -0.3 is 5.32 Å². The van der Waals surface area contributed by atoms with E-state index < -0.39 is 0 Å². The first-order chi connectivity index (χ1) is 9.11. The van der Waals surface area contributed by atoms with E-state index in [1.807, 2.05) is 19.1 Å². The monoisotopic (exact) mass is 264 g/mol. The minimum Gasteiger partial charge on any atom is -0.313 e. The topological polar surface area (TPSA) is 15.3 Å². The van der Waals surface area contributed by atoms with Crippen molar-refractivity contribution in [3.63, 3.8) is 0 Å². The van der Waals surface area contributed by atoms with Gasteiger partial charge in [-0.1, -0.05) is 19.1 Å². The van der Waals surface area contributed by atoms with E-state index in [1.54, 1.807) is 6.07 Å². The fourth-order valence-corrected chi connectivity index (χ4v) is 2.84. The Hall–Kier alpha value is -0.930. The van der Waals surface area contributed by atoms with Gasteiger partial charge in [0, 0.05) is 18.6 Å². The molecular weight excluding hydrogens is 239 g/mol. The molecule has 2 atom stereocenters. The van der Waals surface area contributed by atoms with Crippen molar-refractivity contribution < 1.29 is 4.39 Å². The smallest absolute Gasteiger partial charge is 0.126 e. The average molecular weight is 264 g/mol. The van der Waals surface area contributed by atoms with E-state index in [0.29, 0.717) is 6.04 Å². The summed E-state index contributed by atoms with van der Waals surface area (Å²) in [7, 11) is 0. The maximum atomic E-state index is 13.7. The van der Waals surface area contributed by atoms with Crippen molar-refractivity contribution in [3.8, 4) is 0 Å². The van der Waals surface area contributed by atoms with Crippen LogP contribution in [0.2, 0.25) is 0 Å². The van der Waals surface area contributed by atoms with E-state index in [1.165, 1.54) is 12.8 Å². The zero-order valence-electron chi connectivity index (χ0n) is 12.2. The molecule has 0 radical (unpaired) electrons. The molecule has 2 nitrogen and oxygen atoms in total. The molecule has 0 amide bonds. The first kappa shape index (κ1) is 14.5. The Morgan fingerprint density at radius 3 is 2.84 bits per heavy atom. The fraction of sp³-hybridized carbons (Fsp3) is 0.625. The number of hydrogen-bond donors (Lipinski definition) is 1. The van der Waals surface area contributed by atoms with Crippen LogP contribution in [-0.4, -0.2) is 30.6 Å². The summed E-state index contributed by atoms with van der Waals surface area (Å²) >= 11 is 0. The maximum absolute atomic E-state index is 13.7. The number of rotatable bonds is 5. The largest absolute Gasteiger partial charge is 0.313 e. The van der Waals surface area contributed by atoms with Crippen molar-refractivity contribution in [2.45, 2.75) is 45.7 Å². The van der Waals surface area contributed by atoms with Crippen LogP contribution in [0.3, 0.4) is 0 Å². The Bertz CT molecular complexity index is 413. The number of hydrogen-bond acceptors (Lipinski definition) is 2. The molecule has 1 fully saturated rings. The zero-order chi connectivity index (χ0) is 13.8. The van der Waals surface area contributed by atoms with E-state index >= 15 is 0 Å². The normalized spacial score (nSPS) is 21.0. The van der Waals surface area contributed by atoms with Crippen LogP contribution in [0.15, 0.2) is 18.2 Å². The molecule has 1 aromatic carbocycles. The van der Waals surface area contributed by atoms with E-state index in [4.69, 9.17) is 0 Å². The molecular formula is C16H25FN2. The van der Waals surface area contributed by atoms with Gasteiger partial charge in [-0.15, -0.1) is 0 Å². The van der Waals surface area contributed by atoms with Crippen LogP contribution in [0, 0.1) is 12.7 Å². The van der Waals surface area contributed by atoms with Gasteiger partial charge in [0.25, 0.3) is 0 Å². The van der Waals surface area contributed by atoms with E-state index in [-0.39, 0.29) is 11.9 Å². The summed E-state index contributed by atoms with van der Waals surface area (Å²) in [5, 5.41) is 3.53. The zero-order valence-corrected chi connectivity index (χ0v) is 12.2. The van der Waals surface area contributed by atoms with Gasteiger partial charge in [-0.2, -0.15) is 0 Å². The molecule has 1 N–H and O–H groups in total. The van der Waals surface area contributed by atoms with E-state index in [0.717, 1.165) is 30.8 Å². The molecule has 1 heterocycles. The summed E-state index contributed by atoms with van der Waals surface area (Å²) in [4.78, 5) is 2.42. The highest BCUT2D eigenvalue weighted by atomic mass is 19.1. The predicted octanol–water partition coefficient (Wildman–Crippen LogP) is 3.27. The lowest BCUT2D eigenvalue weighted by molar-refractivity contribution is 0.202. The molecule has 0 aromatic heterocycles. The van der Waals surface area contributed by atoms with Crippen molar-refractivity contribution in [2.75, 3.05) is 19.6 Å². The average Bonchev–Trinajstić information content (AvgIpc) is 2.91. The summed E-state index contributed by atoms with van der Waals surface area (Å²) < 4.78 is 13.7. The second-order valence-corrected chi connectivity index (χ2v) is 5.57. The minimum atomic E-state index is -0.0978. The quantitative estimate of drug-likeness (QED) is 0.878. The third-order valence-electron chi connectivity index (χ3n) is 4.25. The number of nitrogens with zero attached hydrogens (tertiary/aromatic N) is 1. The van der Waals surface area contributed by atoms with Gasteiger partial charge in [-0.05, 0) is 57.0 Å². The molecule has 0 aliphatic carbocycles. The van der Waals surface area contributed by atoms with Gasteiger partial charge >= 0.3 is 0 Å². The van der Waals surface area contributed by atoms with Gasteiger partial charge in [-0.3, -0.25) is 4.90 Å². The Balaban J connectivity index is 2.05. The molecule has 3 heteroatoms. The molecule has 1 aliphatic rings. The summed E-state index contributed by atoms with van der Waals surface area (Å²) in [6.07, 6.45) is 2.53. The van der Waals surface area contributed by atoms with Gasteiger partial charge in [-0.25, -0.2) is 4.39 Å². The lowest BCUT2D eigenvalue weighted by Crippen LogP contribution is -2.38. The molecule has 1 aliphatic heterocycles. The number of aryl methyl sites for hydroxylation is 1. The molecule has 2 rings (SSSR count). The van der Waals surface area contributed by atoms with E-state index in [2.05, 4.69) is 24.1 Å². The van der Waals surface area contributed by atoms with Gasteiger partial charge in [0.2, 0.25) is 0 Å². The molecule has 1 saturated heterocycles.